The fraction of sp³-hybridized carbons (Fsp3) is 0.368. The van der Waals surface area contributed by atoms with Gasteiger partial charge in [-0.15, -0.1) is 0 Å². The number of hydrazone groups is 1. The third kappa shape index (κ3) is 6.29. The van der Waals surface area contributed by atoms with Gasteiger partial charge in [0.15, 0.2) is 16.8 Å². The summed E-state index contributed by atoms with van der Waals surface area (Å²) in [7, 11) is 2.02. The molecular formula is C19H21N5O8S. The Morgan fingerprint density at radius 3 is 2.58 bits per heavy atom. The van der Waals surface area contributed by atoms with E-state index in [1.807, 2.05) is 6.92 Å². The number of fused-ring (bicyclic) bond motifs is 1. The highest BCUT2D eigenvalue weighted by Gasteiger charge is 2.41. The topological polar surface area (TPSA) is 179 Å². The van der Waals surface area contributed by atoms with Gasteiger partial charge in [-0.05, 0) is 12.5 Å². The summed E-state index contributed by atoms with van der Waals surface area (Å²) in [6.45, 7) is 2.28. The maximum atomic E-state index is 12.8. The van der Waals surface area contributed by atoms with E-state index in [4.69, 9.17) is 0 Å². The first-order chi connectivity index (χ1) is 15.7. The normalized spacial score (nSPS) is 12.0. The second-order valence-electron chi connectivity index (χ2n) is 6.45. The van der Waals surface area contributed by atoms with E-state index >= 15 is 0 Å². The molecule has 0 unspecified atom stereocenters. The van der Waals surface area contributed by atoms with Crippen LogP contribution in [0.25, 0.3) is 10.2 Å². The summed E-state index contributed by atoms with van der Waals surface area (Å²) < 4.78 is 9.58. The number of ketones is 1. The van der Waals surface area contributed by atoms with Crippen molar-refractivity contribution in [1.82, 2.24) is 10.4 Å². The number of non-ortho nitro benzene ring substituents is 1. The number of hydrogen-bond acceptors (Lipinski definition) is 12. The van der Waals surface area contributed by atoms with Gasteiger partial charge in [-0.2, -0.15) is 5.10 Å². The fourth-order valence-electron chi connectivity index (χ4n) is 2.56. The smallest absolute Gasteiger partial charge is 0.355 e. The van der Waals surface area contributed by atoms with Crippen LogP contribution < -0.4 is 10.7 Å². The quantitative estimate of drug-likeness (QED) is 0.0910. The van der Waals surface area contributed by atoms with Crippen LogP contribution in [0, 0.1) is 16.0 Å². The predicted molar refractivity (Wildman–Crippen MR) is 118 cm³/mol. The molecule has 0 spiro atoms. The van der Waals surface area contributed by atoms with Crippen molar-refractivity contribution >= 4 is 61.7 Å². The standard InChI is InChI=1S/C19H21N5O8S/c1-4-5-8-20-23-14(18(28)32-3)13(17(27)31-2)15(25)16(26)22-19-21-11-7-6-10(24(29)30)9-12(11)33-19/h6-7,9,13,20H,4-5,8H2,1-3H3,(H,21,22,26)/b23-14+/t13-/m0/s1. The van der Waals surface area contributed by atoms with Crippen molar-refractivity contribution in [3.05, 3.63) is 28.3 Å². The van der Waals surface area contributed by atoms with Crippen LogP contribution in [0.5, 0.6) is 0 Å². The van der Waals surface area contributed by atoms with Gasteiger partial charge in [-0.1, -0.05) is 24.7 Å². The maximum absolute atomic E-state index is 12.8. The van der Waals surface area contributed by atoms with Crippen LogP contribution in [-0.4, -0.2) is 60.0 Å². The summed E-state index contributed by atoms with van der Waals surface area (Å²) in [6.07, 6.45) is 1.52. The van der Waals surface area contributed by atoms with Crippen LogP contribution in [0.2, 0.25) is 0 Å². The fourth-order valence-corrected chi connectivity index (χ4v) is 3.45. The van der Waals surface area contributed by atoms with E-state index in [9.17, 15) is 29.3 Å². The Labute approximate surface area is 191 Å². The summed E-state index contributed by atoms with van der Waals surface area (Å²) in [4.78, 5) is 64.3. The van der Waals surface area contributed by atoms with Crippen LogP contribution >= 0.6 is 11.3 Å². The summed E-state index contributed by atoms with van der Waals surface area (Å²) in [6, 6.07) is 3.91. The van der Waals surface area contributed by atoms with E-state index in [0.717, 1.165) is 32.0 Å². The van der Waals surface area contributed by atoms with Crippen LogP contribution in [0.15, 0.2) is 23.3 Å². The van der Waals surface area contributed by atoms with Crippen LogP contribution in [0.1, 0.15) is 19.8 Å². The molecule has 0 saturated carbocycles. The number of thiazole rings is 1. The molecule has 14 heteroatoms. The number of aromatic nitrogens is 1. The SMILES string of the molecule is CCCCN/N=C(/C(=O)OC)[C@H](C(=O)OC)C(=O)C(=O)Nc1nc2ccc([N+](=O)[O-])cc2s1. The predicted octanol–water partition coefficient (Wildman–Crippen LogP) is 1.42. The van der Waals surface area contributed by atoms with Crippen molar-refractivity contribution in [2.24, 2.45) is 11.0 Å². The number of esters is 2. The number of carbonyl (C=O) groups excluding carboxylic acids is 4. The minimum atomic E-state index is -1.98. The Hall–Kier alpha value is -3.94. The molecule has 2 N–H and O–H groups in total. The molecule has 0 bridgehead atoms. The van der Waals surface area contributed by atoms with Crippen molar-refractivity contribution in [2.75, 3.05) is 26.1 Å². The van der Waals surface area contributed by atoms with Gasteiger partial charge < -0.3 is 14.9 Å². The minimum Gasteiger partial charge on any atom is -0.468 e. The van der Waals surface area contributed by atoms with Crippen LogP contribution in [-0.2, 0) is 28.7 Å². The zero-order valence-electron chi connectivity index (χ0n) is 17.9. The first-order valence-electron chi connectivity index (χ1n) is 9.60. The first kappa shape index (κ1) is 25.3. The second-order valence-corrected chi connectivity index (χ2v) is 7.48. The molecule has 0 aliphatic carbocycles. The van der Waals surface area contributed by atoms with E-state index in [1.54, 1.807) is 0 Å². The molecule has 0 fully saturated rings. The maximum Gasteiger partial charge on any atom is 0.355 e. The van der Waals surface area contributed by atoms with Gasteiger partial charge in [-0.3, -0.25) is 29.8 Å². The Bertz CT molecular complexity index is 1110. The number of nitrogens with zero attached hydrogens (tertiary/aromatic N) is 3. The van der Waals surface area contributed by atoms with Crippen LogP contribution in [0.4, 0.5) is 10.8 Å². The van der Waals surface area contributed by atoms with E-state index in [2.05, 4.69) is 30.3 Å². The number of hydrogen-bond donors (Lipinski definition) is 2. The molecular weight excluding hydrogens is 458 g/mol. The molecule has 33 heavy (non-hydrogen) atoms. The lowest BCUT2D eigenvalue weighted by atomic mass is 9.97. The lowest BCUT2D eigenvalue weighted by Gasteiger charge is -2.14. The van der Waals surface area contributed by atoms with Gasteiger partial charge >= 0.3 is 11.9 Å². The van der Waals surface area contributed by atoms with Crippen molar-refractivity contribution in [3.8, 4) is 0 Å². The van der Waals surface area contributed by atoms with Gasteiger partial charge in [0.1, 0.15) is 0 Å². The highest BCUT2D eigenvalue weighted by atomic mass is 32.1. The van der Waals surface area contributed by atoms with Crippen molar-refractivity contribution in [1.29, 1.82) is 0 Å². The number of nitro benzene ring substituents is 1. The molecule has 1 heterocycles. The van der Waals surface area contributed by atoms with E-state index in [-0.39, 0.29) is 10.8 Å². The summed E-state index contributed by atoms with van der Waals surface area (Å²) in [5.74, 6) is -6.84. The zero-order valence-corrected chi connectivity index (χ0v) is 18.8. The molecule has 0 saturated heterocycles. The Morgan fingerprint density at radius 1 is 1.24 bits per heavy atom. The third-order valence-electron chi connectivity index (χ3n) is 4.24. The lowest BCUT2D eigenvalue weighted by Crippen LogP contribution is -2.43. The highest BCUT2D eigenvalue weighted by Crippen LogP contribution is 2.29. The molecule has 1 atom stereocenters. The number of unbranched alkanes of at least 4 members (excludes halogenated alkanes) is 1. The average Bonchev–Trinajstić information content (AvgIpc) is 3.21. The van der Waals surface area contributed by atoms with Gasteiger partial charge in [-0.25, -0.2) is 9.78 Å². The Balaban J connectivity index is 2.31. The van der Waals surface area contributed by atoms with Gasteiger partial charge in [0, 0.05) is 18.7 Å². The van der Waals surface area contributed by atoms with E-state index < -0.39 is 40.2 Å². The molecule has 1 amide bonds. The number of ether oxygens (including phenoxy) is 2. The molecule has 0 aliphatic heterocycles. The van der Waals surface area contributed by atoms with Crippen LogP contribution in [0.3, 0.4) is 0 Å². The minimum absolute atomic E-state index is 0.0370. The molecule has 1 aromatic carbocycles. The summed E-state index contributed by atoms with van der Waals surface area (Å²) in [5, 5.41) is 16.9. The molecule has 176 valence electrons. The zero-order chi connectivity index (χ0) is 24.5. The number of nitrogens with one attached hydrogen (secondary N) is 2. The van der Waals surface area contributed by atoms with E-state index in [1.165, 1.54) is 18.2 Å². The van der Waals surface area contributed by atoms with Gasteiger partial charge in [0.05, 0.1) is 29.4 Å². The lowest BCUT2D eigenvalue weighted by molar-refractivity contribution is -0.384. The van der Waals surface area contributed by atoms with Gasteiger partial charge in [0.2, 0.25) is 5.78 Å². The van der Waals surface area contributed by atoms with Gasteiger partial charge in [0.25, 0.3) is 11.6 Å². The van der Waals surface area contributed by atoms with E-state index in [0.29, 0.717) is 23.2 Å². The Kier molecular flexibility index (Phi) is 8.91. The number of carbonyl (C=O) groups is 4. The molecule has 1 aromatic heterocycles. The number of Topliss-reactive ketones (excluding diaryl/α,β-unsaturated/α-hetero) is 1. The largest absolute Gasteiger partial charge is 0.468 e. The number of methoxy groups -OCH3 is 2. The number of rotatable bonds is 11. The number of amides is 1. The van der Waals surface area contributed by atoms with Crippen molar-refractivity contribution < 1.29 is 33.6 Å². The Morgan fingerprint density at radius 2 is 1.97 bits per heavy atom. The van der Waals surface area contributed by atoms with Crippen molar-refractivity contribution in [3.63, 3.8) is 0 Å². The number of nitro groups is 1. The summed E-state index contributed by atoms with van der Waals surface area (Å²) >= 11 is 0.889. The number of benzene rings is 1. The first-order valence-corrected chi connectivity index (χ1v) is 10.4. The molecule has 2 rings (SSSR count). The summed E-state index contributed by atoms with van der Waals surface area (Å²) in [5.41, 5.74) is 2.12. The molecule has 0 aliphatic rings. The molecule has 2 aromatic rings. The third-order valence-corrected chi connectivity index (χ3v) is 5.17. The molecule has 13 nitrogen and oxygen atoms in total. The highest BCUT2D eigenvalue weighted by molar-refractivity contribution is 7.22. The molecule has 0 radical (unpaired) electrons. The average molecular weight is 479 g/mol. The monoisotopic (exact) mass is 479 g/mol. The number of anilines is 1. The second kappa shape index (κ2) is 11.6. The van der Waals surface area contributed by atoms with Crippen molar-refractivity contribution in [2.45, 2.75) is 19.8 Å².